The van der Waals surface area contributed by atoms with Crippen molar-refractivity contribution in [2.24, 2.45) is 0 Å². The molecule has 7 heteroatoms. The number of anilines is 1. The second-order valence-electron chi connectivity index (χ2n) is 4.44. The second kappa shape index (κ2) is 6.69. The Morgan fingerprint density at radius 2 is 2.30 bits per heavy atom. The fourth-order valence-electron chi connectivity index (χ4n) is 1.96. The molecule has 1 fully saturated rings. The van der Waals surface area contributed by atoms with Crippen LogP contribution < -0.4 is 10.6 Å². The molecule has 6 nitrogen and oxygen atoms in total. The molecule has 1 atom stereocenters. The molecule has 1 aromatic rings. The predicted octanol–water partition coefficient (Wildman–Crippen LogP) is 1.36. The molecule has 1 amide bonds. The van der Waals surface area contributed by atoms with E-state index in [0.717, 1.165) is 6.54 Å². The molecule has 1 heterocycles. The average Bonchev–Trinajstić information content (AvgIpc) is 2.41. The minimum atomic E-state index is -1.14. The van der Waals surface area contributed by atoms with Gasteiger partial charge in [0.05, 0.1) is 30.4 Å². The van der Waals surface area contributed by atoms with Crippen LogP contribution in [-0.4, -0.2) is 42.8 Å². The number of amides is 1. The van der Waals surface area contributed by atoms with Crippen LogP contribution >= 0.6 is 11.6 Å². The summed E-state index contributed by atoms with van der Waals surface area (Å²) in [5.74, 6) is -1.43. The Balaban J connectivity index is 2.01. The Kier molecular flexibility index (Phi) is 4.94. The minimum absolute atomic E-state index is 0.0338. The Bertz CT molecular complexity index is 515. The van der Waals surface area contributed by atoms with Crippen molar-refractivity contribution in [1.82, 2.24) is 5.32 Å². The van der Waals surface area contributed by atoms with E-state index >= 15 is 0 Å². The molecular formula is C13H15ClN2O4. The van der Waals surface area contributed by atoms with Gasteiger partial charge < -0.3 is 20.5 Å². The first kappa shape index (κ1) is 14.8. The number of hydrogen-bond acceptors (Lipinski definition) is 4. The molecule has 1 unspecified atom stereocenters. The summed E-state index contributed by atoms with van der Waals surface area (Å²) in [7, 11) is 0. The summed E-state index contributed by atoms with van der Waals surface area (Å²) < 4.78 is 5.42. The highest BCUT2D eigenvalue weighted by Gasteiger charge is 2.19. The number of carboxylic acid groups (broad SMARTS) is 1. The first-order chi connectivity index (χ1) is 9.56. The number of rotatable bonds is 4. The summed E-state index contributed by atoms with van der Waals surface area (Å²) in [6.45, 7) is 1.96. The van der Waals surface area contributed by atoms with E-state index in [4.69, 9.17) is 21.4 Å². The average molecular weight is 299 g/mol. The van der Waals surface area contributed by atoms with Gasteiger partial charge in [-0.05, 0) is 18.2 Å². The van der Waals surface area contributed by atoms with Gasteiger partial charge in [0.15, 0.2) is 0 Å². The lowest BCUT2D eigenvalue weighted by atomic mass is 10.1. The number of benzene rings is 1. The normalized spacial score (nSPS) is 18.6. The molecule has 0 radical (unpaired) electrons. The molecule has 108 valence electrons. The Labute approximate surface area is 121 Å². The molecule has 1 aliphatic rings. The van der Waals surface area contributed by atoms with E-state index in [2.05, 4.69) is 10.6 Å². The van der Waals surface area contributed by atoms with Crippen molar-refractivity contribution in [1.29, 1.82) is 0 Å². The van der Waals surface area contributed by atoms with Gasteiger partial charge in [-0.15, -0.1) is 0 Å². The number of halogens is 1. The maximum atomic E-state index is 11.9. The lowest BCUT2D eigenvalue weighted by molar-refractivity contribution is -0.119. The molecule has 1 aromatic carbocycles. The van der Waals surface area contributed by atoms with Gasteiger partial charge in [0, 0.05) is 18.1 Å². The molecule has 1 aliphatic heterocycles. The highest BCUT2D eigenvalue weighted by atomic mass is 35.5. The third-order valence-electron chi connectivity index (χ3n) is 2.90. The summed E-state index contributed by atoms with van der Waals surface area (Å²) in [6.07, 6.45) is -0.0152. The highest BCUT2D eigenvalue weighted by Crippen LogP contribution is 2.21. The fraction of sp³-hybridized carbons (Fsp3) is 0.385. The Morgan fingerprint density at radius 1 is 1.50 bits per heavy atom. The number of hydrogen-bond donors (Lipinski definition) is 3. The van der Waals surface area contributed by atoms with Crippen LogP contribution in [0, 0.1) is 0 Å². The van der Waals surface area contributed by atoms with Gasteiger partial charge in [0.1, 0.15) is 0 Å². The van der Waals surface area contributed by atoms with Crippen molar-refractivity contribution < 1.29 is 19.4 Å². The van der Waals surface area contributed by atoms with Crippen LogP contribution in [0.25, 0.3) is 0 Å². The van der Waals surface area contributed by atoms with Gasteiger partial charge in [0.2, 0.25) is 5.91 Å². The van der Waals surface area contributed by atoms with Gasteiger partial charge >= 0.3 is 5.97 Å². The smallest absolute Gasteiger partial charge is 0.337 e. The van der Waals surface area contributed by atoms with Crippen molar-refractivity contribution in [3.8, 4) is 0 Å². The SMILES string of the molecule is O=C(CC1CNCCO1)Nc1ccc(Cl)cc1C(=O)O. The molecule has 20 heavy (non-hydrogen) atoms. The van der Waals surface area contributed by atoms with E-state index < -0.39 is 5.97 Å². The Hall–Kier alpha value is -1.63. The number of carbonyl (C=O) groups is 2. The third-order valence-corrected chi connectivity index (χ3v) is 3.14. The maximum absolute atomic E-state index is 11.9. The first-order valence-electron chi connectivity index (χ1n) is 6.21. The summed E-state index contributed by atoms with van der Waals surface area (Å²) in [5.41, 5.74) is 0.198. The van der Waals surface area contributed by atoms with E-state index in [9.17, 15) is 9.59 Å². The van der Waals surface area contributed by atoms with E-state index in [0.29, 0.717) is 18.2 Å². The Morgan fingerprint density at radius 3 is 2.95 bits per heavy atom. The topological polar surface area (TPSA) is 87.7 Å². The molecule has 0 spiro atoms. The zero-order chi connectivity index (χ0) is 14.5. The van der Waals surface area contributed by atoms with E-state index in [1.54, 1.807) is 0 Å². The maximum Gasteiger partial charge on any atom is 0.337 e. The summed E-state index contributed by atoms with van der Waals surface area (Å²) in [5, 5.41) is 15.1. The van der Waals surface area contributed by atoms with Gasteiger partial charge in [-0.25, -0.2) is 4.79 Å². The van der Waals surface area contributed by atoms with Crippen molar-refractivity contribution >= 4 is 29.2 Å². The van der Waals surface area contributed by atoms with Crippen LogP contribution in [0.4, 0.5) is 5.69 Å². The molecule has 0 aliphatic carbocycles. The number of carbonyl (C=O) groups excluding carboxylic acids is 1. The van der Waals surface area contributed by atoms with Crippen LogP contribution in [0.2, 0.25) is 5.02 Å². The summed E-state index contributed by atoms with van der Waals surface area (Å²) in [6, 6.07) is 4.31. The van der Waals surface area contributed by atoms with E-state index in [1.807, 2.05) is 0 Å². The van der Waals surface area contributed by atoms with E-state index in [1.165, 1.54) is 18.2 Å². The summed E-state index contributed by atoms with van der Waals surface area (Å²) in [4.78, 5) is 23.0. The molecule has 2 rings (SSSR count). The van der Waals surface area contributed by atoms with Crippen LogP contribution in [0.15, 0.2) is 18.2 Å². The molecule has 3 N–H and O–H groups in total. The monoisotopic (exact) mass is 298 g/mol. The standard InChI is InChI=1S/C13H15ClN2O4/c14-8-1-2-11(10(5-8)13(18)19)16-12(17)6-9-7-15-3-4-20-9/h1-2,5,9,15H,3-4,6-7H2,(H,16,17)(H,18,19). The molecule has 0 aromatic heterocycles. The number of aromatic carboxylic acids is 1. The highest BCUT2D eigenvalue weighted by molar-refractivity contribution is 6.31. The van der Waals surface area contributed by atoms with Crippen LogP contribution in [0.3, 0.4) is 0 Å². The zero-order valence-corrected chi connectivity index (χ0v) is 11.4. The lowest BCUT2D eigenvalue weighted by Crippen LogP contribution is -2.40. The number of ether oxygens (including phenoxy) is 1. The molecule has 1 saturated heterocycles. The number of nitrogens with one attached hydrogen (secondary N) is 2. The van der Waals surface area contributed by atoms with Crippen LogP contribution in [0.1, 0.15) is 16.8 Å². The zero-order valence-electron chi connectivity index (χ0n) is 10.7. The number of morpholine rings is 1. The summed E-state index contributed by atoms with van der Waals surface area (Å²) >= 11 is 5.75. The number of carboxylic acids is 1. The van der Waals surface area contributed by atoms with E-state index in [-0.39, 0.29) is 29.7 Å². The fourth-order valence-corrected chi connectivity index (χ4v) is 2.13. The van der Waals surface area contributed by atoms with Crippen LogP contribution in [0.5, 0.6) is 0 Å². The predicted molar refractivity (Wildman–Crippen MR) is 74.3 cm³/mol. The van der Waals surface area contributed by atoms with Crippen LogP contribution in [-0.2, 0) is 9.53 Å². The van der Waals surface area contributed by atoms with Crippen molar-refractivity contribution in [2.45, 2.75) is 12.5 Å². The quantitative estimate of drug-likeness (QED) is 0.781. The minimum Gasteiger partial charge on any atom is -0.478 e. The van der Waals surface area contributed by atoms with Gasteiger partial charge in [-0.3, -0.25) is 4.79 Å². The van der Waals surface area contributed by atoms with Crippen molar-refractivity contribution in [3.63, 3.8) is 0 Å². The second-order valence-corrected chi connectivity index (χ2v) is 4.88. The first-order valence-corrected chi connectivity index (χ1v) is 6.59. The van der Waals surface area contributed by atoms with Crippen molar-refractivity contribution in [3.05, 3.63) is 28.8 Å². The van der Waals surface area contributed by atoms with Crippen molar-refractivity contribution in [2.75, 3.05) is 25.0 Å². The molecular weight excluding hydrogens is 284 g/mol. The lowest BCUT2D eigenvalue weighted by Gasteiger charge is -2.23. The largest absolute Gasteiger partial charge is 0.478 e. The molecule has 0 saturated carbocycles. The third kappa shape index (κ3) is 3.93. The van der Waals surface area contributed by atoms with Gasteiger partial charge in [0.25, 0.3) is 0 Å². The van der Waals surface area contributed by atoms with Gasteiger partial charge in [-0.2, -0.15) is 0 Å². The van der Waals surface area contributed by atoms with Gasteiger partial charge in [-0.1, -0.05) is 11.6 Å². The molecule has 0 bridgehead atoms.